The maximum Gasteiger partial charge on any atom is 0.181 e. The molecule has 0 atom stereocenters. The Bertz CT molecular complexity index is 426. The number of thiazole rings is 1. The highest BCUT2D eigenvalue weighted by Gasteiger charge is 2.01. The van der Waals surface area contributed by atoms with Crippen molar-refractivity contribution in [3.05, 3.63) is 23.8 Å². The van der Waals surface area contributed by atoms with Crippen LogP contribution in [0.15, 0.2) is 18.2 Å². The summed E-state index contributed by atoms with van der Waals surface area (Å²) < 4.78 is 1.08. The molecule has 0 aliphatic heterocycles. The van der Waals surface area contributed by atoms with Crippen molar-refractivity contribution in [3.63, 3.8) is 0 Å². The Morgan fingerprint density at radius 1 is 1.46 bits per heavy atom. The van der Waals surface area contributed by atoms with E-state index in [-0.39, 0.29) is 0 Å². The Kier molecular flexibility index (Phi) is 2.13. The van der Waals surface area contributed by atoms with E-state index < -0.39 is 0 Å². The van der Waals surface area contributed by atoms with Crippen molar-refractivity contribution in [1.82, 2.24) is 4.98 Å². The van der Waals surface area contributed by atoms with Crippen molar-refractivity contribution in [3.8, 4) is 0 Å². The summed E-state index contributed by atoms with van der Waals surface area (Å²) in [4.78, 5) is 8.68. The lowest BCUT2D eigenvalue weighted by Gasteiger charge is -1.96. The number of anilines is 1. The Hall–Kier alpha value is -1.17. The van der Waals surface area contributed by atoms with Crippen LogP contribution in [0.4, 0.5) is 5.13 Å². The average molecular weight is 195 g/mol. The molecule has 0 saturated heterocycles. The van der Waals surface area contributed by atoms with E-state index in [0.717, 1.165) is 15.8 Å². The SMILES string of the molecule is NOCc1ccc2sc(N)nc2c1. The van der Waals surface area contributed by atoms with Crippen molar-refractivity contribution < 1.29 is 4.84 Å². The summed E-state index contributed by atoms with van der Waals surface area (Å²) >= 11 is 1.47. The van der Waals surface area contributed by atoms with Crippen LogP contribution in [0.2, 0.25) is 0 Å². The normalized spacial score (nSPS) is 10.8. The van der Waals surface area contributed by atoms with E-state index in [1.807, 2.05) is 18.2 Å². The molecule has 5 heteroatoms. The number of benzene rings is 1. The monoisotopic (exact) mass is 195 g/mol. The van der Waals surface area contributed by atoms with Crippen LogP contribution >= 0.6 is 11.3 Å². The van der Waals surface area contributed by atoms with Crippen molar-refractivity contribution >= 4 is 26.7 Å². The summed E-state index contributed by atoms with van der Waals surface area (Å²) in [5, 5.41) is 0.584. The minimum absolute atomic E-state index is 0.396. The molecule has 0 spiro atoms. The molecule has 2 aromatic rings. The van der Waals surface area contributed by atoms with Crippen molar-refractivity contribution in [2.24, 2.45) is 5.90 Å². The molecule has 1 aromatic carbocycles. The molecule has 0 saturated carbocycles. The van der Waals surface area contributed by atoms with Gasteiger partial charge in [0.2, 0.25) is 0 Å². The molecule has 0 amide bonds. The zero-order valence-corrected chi connectivity index (χ0v) is 7.67. The molecule has 0 bridgehead atoms. The van der Waals surface area contributed by atoms with E-state index in [1.54, 1.807) is 0 Å². The summed E-state index contributed by atoms with van der Waals surface area (Å²) in [6.07, 6.45) is 0. The predicted molar refractivity (Wildman–Crippen MR) is 53.0 cm³/mol. The van der Waals surface area contributed by atoms with Gasteiger partial charge in [-0.2, -0.15) is 0 Å². The smallest absolute Gasteiger partial charge is 0.181 e. The summed E-state index contributed by atoms with van der Waals surface area (Å²) in [5.74, 6) is 4.97. The predicted octanol–water partition coefficient (Wildman–Crippen LogP) is 1.27. The third-order valence-electron chi connectivity index (χ3n) is 1.72. The van der Waals surface area contributed by atoms with E-state index in [0.29, 0.717) is 11.7 Å². The van der Waals surface area contributed by atoms with E-state index in [2.05, 4.69) is 9.82 Å². The van der Waals surface area contributed by atoms with Crippen LogP contribution in [-0.2, 0) is 11.4 Å². The van der Waals surface area contributed by atoms with Gasteiger partial charge in [-0.25, -0.2) is 10.9 Å². The standard InChI is InChI=1S/C8H9N3OS/c9-8-11-6-3-5(4-12-10)1-2-7(6)13-8/h1-3H,4,10H2,(H2,9,11). The van der Waals surface area contributed by atoms with Gasteiger partial charge in [0.05, 0.1) is 16.8 Å². The van der Waals surface area contributed by atoms with Crippen LogP contribution in [-0.4, -0.2) is 4.98 Å². The largest absolute Gasteiger partial charge is 0.375 e. The molecule has 1 heterocycles. The van der Waals surface area contributed by atoms with Crippen molar-refractivity contribution in [2.75, 3.05) is 5.73 Å². The summed E-state index contributed by atoms with van der Waals surface area (Å²) in [6, 6.07) is 5.85. The van der Waals surface area contributed by atoms with Gasteiger partial charge in [0.1, 0.15) is 0 Å². The number of nitrogens with two attached hydrogens (primary N) is 2. The van der Waals surface area contributed by atoms with Gasteiger partial charge in [-0.3, -0.25) is 4.84 Å². The number of rotatable bonds is 2. The highest BCUT2D eigenvalue weighted by Crippen LogP contribution is 2.24. The Morgan fingerprint density at radius 3 is 3.08 bits per heavy atom. The van der Waals surface area contributed by atoms with Gasteiger partial charge in [-0.1, -0.05) is 17.4 Å². The first-order valence-electron chi connectivity index (χ1n) is 3.76. The van der Waals surface area contributed by atoms with E-state index in [4.69, 9.17) is 11.6 Å². The summed E-state index contributed by atoms with van der Waals surface area (Å²) in [5.41, 5.74) is 7.47. The highest BCUT2D eigenvalue weighted by atomic mass is 32.1. The maximum atomic E-state index is 5.57. The first-order valence-corrected chi connectivity index (χ1v) is 4.58. The van der Waals surface area contributed by atoms with Crippen LogP contribution in [0.25, 0.3) is 10.2 Å². The zero-order valence-electron chi connectivity index (χ0n) is 6.86. The van der Waals surface area contributed by atoms with Gasteiger partial charge >= 0.3 is 0 Å². The molecule has 0 radical (unpaired) electrons. The summed E-state index contributed by atoms with van der Waals surface area (Å²) in [6.45, 7) is 0.396. The number of hydrogen-bond acceptors (Lipinski definition) is 5. The second-order valence-corrected chi connectivity index (χ2v) is 3.73. The molecule has 2 rings (SSSR count). The molecule has 4 N–H and O–H groups in total. The van der Waals surface area contributed by atoms with Crippen LogP contribution in [0.5, 0.6) is 0 Å². The van der Waals surface area contributed by atoms with Gasteiger partial charge in [0.25, 0.3) is 0 Å². The molecule has 4 nitrogen and oxygen atoms in total. The Labute approximate surface area is 79.1 Å². The fourth-order valence-corrected chi connectivity index (χ4v) is 1.89. The molecule has 68 valence electrons. The van der Waals surface area contributed by atoms with E-state index in [9.17, 15) is 0 Å². The van der Waals surface area contributed by atoms with E-state index in [1.165, 1.54) is 11.3 Å². The Morgan fingerprint density at radius 2 is 2.31 bits per heavy atom. The van der Waals surface area contributed by atoms with Gasteiger partial charge in [-0.05, 0) is 17.7 Å². The molecule has 1 aromatic heterocycles. The van der Waals surface area contributed by atoms with Crippen LogP contribution in [0.3, 0.4) is 0 Å². The number of nitrogen functional groups attached to an aromatic ring is 1. The van der Waals surface area contributed by atoms with E-state index >= 15 is 0 Å². The van der Waals surface area contributed by atoms with Gasteiger partial charge in [0.15, 0.2) is 5.13 Å². The first kappa shape index (κ1) is 8.43. The van der Waals surface area contributed by atoms with Gasteiger partial charge in [-0.15, -0.1) is 0 Å². The molecule has 0 aliphatic rings. The van der Waals surface area contributed by atoms with Crippen LogP contribution < -0.4 is 11.6 Å². The second kappa shape index (κ2) is 3.29. The minimum atomic E-state index is 0.396. The molecule has 13 heavy (non-hydrogen) atoms. The second-order valence-electron chi connectivity index (χ2n) is 2.67. The average Bonchev–Trinajstić information content (AvgIpc) is 2.44. The van der Waals surface area contributed by atoms with Crippen molar-refractivity contribution in [1.29, 1.82) is 0 Å². The fourth-order valence-electron chi connectivity index (χ4n) is 1.18. The van der Waals surface area contributed by atoms with Crippen LogP contribution in [0, 0.1) is 0 Å². The zero-order chi connectivity index (χ0) is 9.26. The number of nitrogens with zero attached hydrogens (tertiary/aromatic N) is 1. The van der Waals surface area contributed by atoms with Crippen molar-refractivity contribution in [2.45, 2.75) is 6.61 Å². The highest BCUT2D eigenvalue weighted by molar-refractivity contribution is 7.22. The fraction of sp³-hybridized carbons (Fsp3) is 0.125. The molecule has 0 fully saturated rings. The minimum Gasteiger partial charge on any atom is -0.375 e. The maximum absolute atomic E-state index is 5.57. The molecule has 0 aliphatic carbocycles. The topological polar surface area (TPSA) is 74.2 Å². The lowest BCUT2D eigenvalue weighted by Crippen LogP contribution is -1.98. The quantitative estimate of drug-likeness (QED) is 0.708. The lowest BCUT2D eigenvalue weighted by atomic mass is 10.2. The summed E-state index contributed by atoms with van der Waals surface area (Å²) in [7, 11) is 0. The Balaban J connectivity index is 2.48. The van der Waals surface area contributed by atoms with Crippen LogP contribution in [0.1, 0.15) is 5.56 Å². The number of hydrogen-bond donors (Lipinski definition) is 2. The van der Waals surface area contributed by atoms with Gasteiger partial charge < -0.3 is 5.73 Å². The third-order valence-corrected chi connectivity index (χ3v) is 2.58. The molecule has 0 unspecified atom stereocenters. The third kappa shape index (κ3) is 1.62. The molecular weight excluding hydrogens is 186 g/mol. The number of fused-ring (bicyclic) bond motifs is 1. The van der Waals surface area contributed by atoms with Gasteiger partial charge in [0, 0.05) is 0 Å². The molecular formula is C8H9N3OS. The lowest BCUT2D eigenvalue weighted by molar-refractivity contribution is 0.124. The first-order chi connectivity index (χ1) is 6.29. The number of aromatic nitrogens is 1.